The molecule has 0 fully saturated rings. The molecule has 0 bridgehead atoms. The molecule has 0 saturated heterocycles. The third-order valence-electron chi connectivity index (χ3n) is 7.14. The Morgan fingerprint density at radius 3 is 1.55 bits per heavy atom. The Hall–Kier alpha value is -0.790. The summed E-state index contributed by atoms with van der Waals surface area (Å²) in [4.78, 5) is 3.66. The van der Waals surface area contributed by atoms with Crippen LogP contribution in [0.5, 0.6) is 0 Å². The van der Waals surface area contributed by atoms with Crippen molar-refractivity contribution < 1.29 is 4.57 Å². The monoisotopic (exact) mass is 433 g/mol. The molecule has 0 radical (unpaired) electrons. The lowest BCUT2D eigenvalue weighted by molar-refractivity contribution is -0.727. The van der Waals surface area contributed by atoms with E-state index in [0.29, 0.717) is 6.04 Å². The highest BCUT2D eigenvalue weighted by atomic mass is 15.1. The number of aromatic amines is 1. The Balaban J connectivity index is 2.44. The van der Waals surface area contributed by atoms with Gasteiger partial charge in [-0.2, -0.15) is 0 Å². The lowest BCUT2D eigenvalue weighted by Gasteiger charge is -2.17. The number of nitrogens with zero attached hydrogens (tertiary/aromatic N) is 1. The van der Waals surface area contributed by atoms with Gasteiger partial charge in [0, 0.05) is 0 Å². The number of rotatable bonds is 22. The van der Waals surface area contributed by atoms with Gasteiger partial charge >= 0.3 is 0 Å². The van der Waals surface area contributed by atoms with Gasteiger partial charge in [0.25, 0.3) is 5.82 Å². The van der Waals surface area contributed by atoms with E-state index in [1.54, 1.807) is 0 Å². The minimum atomic E-state index is 0.622. The molecule has 182 valence electrons. The summed E-state index contributed by atoms with van der Waals surface area (Å²) in [7, 11) is 0. The molecular formula is C29H57N2+. The molecule has 0 saturated carbocycles. The van der Waals surface area contributed by atoms with Crippen LogP contribution in [0.3, 0.4) is 0 Å². The van der Waals surface area contributed by atoms with Crippen LogP contribution >= 0.6 is 0 Å². The third-order valence-corrected chi connectivity index (χ3v) is 7.14. The average Bonchev–Trinajstić information content (AvgIpc) is 3.27. The second-order valence-electron chi connectivity index (χ2n) is 10.1. The van der Waals surface area contributed by atoms with Gasteiger partial charge in [0.2, 0.25) is 0 Å². The summed E-state index contributed by atoms with van der Waals surface area (Å²) in [6.45, 7) is 9.33. The summed E-state index contributed by atoms with van der Waals surface area (Å²) in [6, 6.07) is 0.622. The van der Waals surface area contributed by atoms with Gasteiger partial charge in [0.1, 0.15) is 12.4 Å². The van der Waals surface area contributed by atoms with Crippen molar-refractivity contribution >= 4 is 0 Å². The van der Waals surface area contributed by atoms with Gasteiger partial charge in [-0.3, -0.25) is 0 Å². The maximum atomic E-state index is 3.66. The molecule has 0 amide bonds. The van der Waals surface area contributed by atoms with E-state index in [4.69, 9.17) is 0 Å². The maximum Gasteiger partial charge on any atom is 0.257 e. The molecule has 2 unspecified atom stereocenters. The highest BCUT2D eigenvalue weighted by Crippen LogP contribution is 2.27. The highest BCUT2D eigenvalue weighted by molar-refractivity contribution is 4.90. The zero-order chi connectivity index (χ0) is 22.6. The smallest absolute Gasteiger partial charge is 0.247 e. The second-order valence-corrected chi connectivity index (χ2v) is 10.1. The van der Waals surface area contributed by atoms with Crippen LogP contribution in [0.25, 0.3) is 0 Å². The Bertz CT molecular complexity index is 493. The minimum Gasteiger partial charge on any atom is -0.247 e. The van der Waals surface area contributed by atoms with Gasteiger partial charge in [-0.1, -0.05) is 124 Å². The van der Waals surface area contributed by atoms with Crippen molar-refractivity contribution in [3.8, 4) is 0 Å². The van der Waals surface area contributed by atoms with E-state index in [1.807, 2.05) is 0 Å². The van der Waals surface area contributed by atoms with Crippen molar-refractivity contribution in [3.63, 3.8) is 0 Å². The van der Waals surface area contributed by atoms with Gasteiger partial charge in [-0.15, -0.1) is 0 Å². The Labute approximate surface area is 196 Å². The molecule has 31 heavy (non-hydrogen) atoms. The van der Waals surface area contributed by atoms with Crippen LogP contribution in [0.4, 0.5) is 0 Å². The molecule has 2 nitrogen and oxygen atoms in total. The molecule has 0 aliphatic carbocycles. The number of nitrogens with one attached hydrogen (secondary N) is 1. The summed E-state index contributed by atoms with van der Waals surface area (Å²) < 4.78 is 2.57. The van der Waals surface area contributed by atoms with Crippen molar-refractivity contribution in [2.75, 3.05) is 0 Å². The fourth-order valence-electron chi connectivity index (χ4n) is 5.00. The molecule has 1 N–H and O–H groups in total. The zero-order valence-electron chi connectivity index (χ0n) is 21.9. The Kier molecular flexibility index (Phi) is 18.1. The molecule has 0 aliphatic heterocycles. The first-order chi connectivity index (χ1) is 15.2. The molecule has 1 heterocycles. The van der Waals surface area contributed by atoms with Gasteiger partial charge in [0.15, 0.2) is 0 Å². The topological polar surface area (TPSA) is 19.7 Å². The number of imidazole rings is 1. The SMILES string of the molecule is CCCCCCCCCCCCC(CCCCCCC)c1[nH]cc[n+]1C(C)CCCC. The van der Waals surface area contributed by atoms with Crippen LogP contribution in [0.1, 0.15) is 174 Å². The van der Waals surface area contributed by atoms with E-state index in [1.165, 1.54) is 134 Å². The number of unbranched alkanes of at least 4 members (excludes halogenated alkanes) is 14. The molecule has 2 atom stereocenters. The molecule has 1 aromatic heterocycles. The average molecular weight is 434 g/mol. The van der Waals surface area contributed by atoms with Gasteiger partial charge in [-0.25, -0.2) is 9.55 Å². The normalized spacial score (nSPS) is 13.5. The van der Waals surface area contributed by atoms with Gasteiger partial charge in [0.05, 0.1) is 12.0 Å². The van der Waals surface area contributed by atoms with Crippen molar-refractivity contribution in [3.05, 3.63) is 18.2 Å². The lowest BCUT2D eigenvalue weighted by Crippen LogP contribution is -2.41. The van der Waals surface area contributed by atoms with Crippen LogP contribution < -0.4 is 4.57 Å². The summed E-state index contributed by atoms with van der Waals surface area (Å²) in [6.07, 6.45) is 32.4. The van der Waals surface area contributed by atoms with Crippen molar-refractivity contribution in [2.24, 2.45) is 0 Å². The van der Waals surface area contributed by atoms with Crippen LogP contribution in [-0.2, 0) is 0 Å². The van der Waals surface area contributed by atoms with Crippen LogP contribution in [0.2, 0.25) is 0 Å². The first-order valence-corrected chi connectivity index (χ1v) is 14.3. The summed E-state index contributed by atoms with van der Waals surface area (Å²) in [5.41, 5.74) is 0. The van der Waals surface area contributed by atoms with Crippen molar-refractivity contribution in [1.29, 1.82) is 0 Å². The standard InChI is InChI=1S/C29H56N2/c1-5-8-11-13-14-15-16-17-19-21-24-28(23-20-18-12-9-6-2)29-30-25-26-31(29)27(4)22-10-7-3/h25-28H,5-24H2,1-4H3/p+1. The van der Waals surface area contributed by atoms with E-state index in [0.717, 1.165) is 5.92 Å². The molecule has 1 rings (SSSR count). The predicted molar refractivity (Wildman–Crippen MR) is 138 cm³/mol. The molecule has 1 aromatic rings. The van der Waals surface area contributed by atoms with Crippen LogP contribution in [0, 0.1) is 0 Å². The van der Waals surface area contributed by atoms with Gasteiger partial charge in [-0.05, 0) is 32.6 Å². The number of aromatic nitrogens is 2. The van der Waals surface area contributed by atoms with Crippen LogP contribution in [-0.4, -0.2) is 4.98 Å². The first-order valence-electron chi connectivity index (χ1n) is 14.3. The summed E-state index contributed by atoms with van der Waals surface area (Å²) in [5.74, 6) is 2.23. The molecule has 0 aromatic carbocycles. The van der Waals surface area contributed by atoms with E-state index in [9.17, 15) is 0 Å². The quantitative estimate of drug-likeness (QED) is 0.139. The molecule has 2 heteroatoms. The van der Waals surface area contributed by atoms with E-state index in [2.05, 4.69) is 49.6 Å². The number of hydrogen-bond acceptors (Lipinski definition) is 0. The van der Waals surface area contributed by atoms with Crippen molar-refractivity contribution in [2.45, 2.75) is 168 Å². The van der Waals surface area contributed by atoms with Crippen LogP contribution in [0.15, 0.2) is 12.4 Å². The Morgan fingerprint density at radius 2 is 1.06 bits per heavy atom. The first kappa shape index (κ1) is 28.2. The largest absolute Gasteiger partial charge is 0.257 e. The Morgan fingerprint density at radius 1 is 0.613 bits per heavy atom. The number of hydrogen-bond donors (Lipinski definition) is 1. The lowest BCUT2D eigenvalue weighted by atomic mass is 9.93. The summed E-state index contributed by atoms with van der Waals surface area (Å²) in [5, 5.41) is 0. The maximum absolute atomic E-state index is 3.66. The van der Waals surface area contributed by atoms with E-state index < -0.39 is 0 Å². The van der Waals surface area contributed by atoms with E-state index >= 15 is 0 Å². The van der Waals surface area contributed by atoms with Gasteiger partial charge < -0.3 is 0 Å². The molecule has 0 aliphatic rings. The third kappa shape index (κ3) is 13.4. The molecule has 0 spiro atoms. The molecular weight excluding hydrogens is 376 g/mol. The fraction of sp³-hybridized carbons (Fsp3) is 0.897. The number of H-pyrrole nitrogens is 1. The second kappa shape index (κ2) is 19.9. The fourth-order valence-corrected chi connectivity index (χ4v) is 5.00. The zero-order valence-corrected chi connectivity index (χ0v) is 21.9. The summed E-state index contributed by atoms with van der Waals surface area (Å²) >= 11 is 0. The predicted octanol–water partition coefficient (Wildman–Crippen LogP) is 9.81. The minimum absolute atomic E-state index is 0.622. The van der Waals surface area contributed by atoms with E-state index in [-0.39, 0.29) is 0 Å². The van der Waals surface area contributed by atoms with Crippen molar-refractivity contribution in [1.82, 2.24) is 4.98 Å². The highest BCUT2D eigenvalue weighted by Gasteiger charge is 2.25.